The van der Waals surface area contributed by atoms with Gasteiger partial charge in [-0.15, -0.1) is 0 Å². The number of rotatable bonds is 3. The minimum Gasteiger partial charge on any atom is -0.496 e. The molecule has 1 N–H and O–H groups in total. The smallest absolute Gasteiger partial charge is 0.125 e. The van der Waals surface area contributed by atoms with Gasteiger partial charge < -0.3 is 10.1 Å². The first-order valence-electron chi connectivity index (χ1n) is 4.56. The van der Waals surface area contributed by atoms with Crippen molar-refractivity contribution in [2.24, 2.45) is 0 Å². The topological polar surface area (TPSA) is 21.3 Å². The lowest BCUT2D eigenvalue weighted by molar-refractivity contribution is 0.407. The van der Waals surface area contributed by atoms with Gasteiger partial charge in [0.25, 0.3) is 0 Å². The van der Waals surface area contributed by atoms with Crippen molar-refractivity contribution in [2.45, 2.75) is 18.8 Å². The quantitative estimate of drug-likeness (QED) is 0.664. The maximum Gasteiger partial charge on any atom is 0.125 e. The first kappa shape index (κ1) is 11.5. The summed E-state index contributed by atoms with van der Waals surface area (Å²) >= 11 is 3.56. The van der Waals surface area contributed by atoms with Gasteiger partial charge in [0, 0.05) is 5.56 Å². The van der Waals surface area contributed by atoms with Gasteiger partial charge in [0.05, 0.1) is 12.1 Å². The molecule has 1 atom stereocenters. The summed E-state index contributed by atoms with van der Waals surface area (Å²) in [5.41, 5.74) is 3.62. The van der Waals surface area contributed by atoms with Crippen molar-refractivity contribution in [1.29, 1.82) is 0 Å². The molecule has 0 saturated carbocycles. The van der Waals surface area contributed by atoms with Gasteiger partial charge in [-0.2, -0.15) is 0 Å². The Morgan fingerprint density at radius 1 is 1.36 bits per heavy atom. The zero-order valence-electron chi connectivity index (χ0n) is 9.02. The van der Waals surface area contributed by atoms with E-state index < -0.39 is 0 Å². The van der Waals surface area contributed by atoms with Crippen LogP contribution in [-0.2, 0) is 0 Å². The number of nitrogens with one attached hydrogen (secondary N) is 1. The third-order valence-corrected chi connectivity index (χ3v) is 3.14. The molecule has 0 radical (unpaired) electrons. The number of alkyl halides is 1. The van der Waals surface area contributed by atoms with Crippen molar-refractivity contribution in [3.8, 4) is 5.75 Å². The van der Waals surface area contributed by atoms with Crippen LogP contribution in [0.1, 0.15) is 21.6 Å². The van der Waals surface area contributed by atoms with E-state index in [0.717, 1.165) is 5.75 Å². The van der Waals surface area contributed by atoms with Gasteiger partial charge in [0.15, 0.2) is 0 Å². The third kappa shape index (κ3) is 2.28. The molecule has 0 amide bonds. The average molecular weight is 258 g/mol. The second-order valence-electron chi connectivity index (χ2n) is 3.35. The molecule has 0 fully saturated rings. The maximum absolute atomic E-state index is 5.36. The Bertz CT molecular complexity index is 325. The summed E-state index contributed by atoms with van der Waals surface area (Å²) in [7, 11) is 3.62. The number of hydrogen-bond donors (Lipinski definition) is 1. The molecule has 0 spiro atoms. The summed E-state index contributed by atoms with van der Waals surface area (Å²) in [5, 5.41) is 3.15. The molecule has 1 unspecified atom stereocenters. The van der Waals surface area contributed by atoms with E-state index >= 15 is 0 Å². The van der Waals surface area contributed by atoms with Gasteiger partial charge in [-0.3, -0.25) is 0 Å². The Hall–Kier alpha value is -0.540. The summed E-state index contributed by atoms with van der Waals surface area (Å²) in [4.78, 5) is 0.137. The molecule has 2 nitrogen and oxygen atoms in total. The normalized spacial score (nSPS) is 12.6. The van der Waals surface area contributed by atoms with Crippen LogP contribution < -0.4 is 10.1 Å². The van der Waals surface area contributed by atoms with Gasteiger partial charge in [0.2, 0.25) is 0 Å². The minimum atomic E-state index is 0.137. The predicted octanol–water partition coefficient (Wildman–Crippen LogP) is 2.92. The molecule has 1 aromatic rings. The van der Waals surface area contributed by atoms with Gasteiger partial charge >= 0.3 is 0 Å². The van der Waals surface area contributed by atoms with E-state index in [0.29, 0.717) is 0 Å². The molecule has 1 rings (SSSR count). The number of methoxy groups -OCH3 is 1. The van der Waals surface area contributed by atoms with Crippen LogP contribution in [0.2, 0.25) is 0 Å². The third-order valence-electron chi connectivity index (χ3n) is 2.22. The number of benzene rings is 1. The van der Waals surface area contributed by atoms with Crippen LogP contribution in [-0.4, -0.2) is 14.2 Å². The van der Waals surface area contributed by atoms with Crippen molar-refractivity contribution in [1.82, 2.24) is 5.32 Å². The summed E-state index contributed by atoms with van der Waals surface area (Å²) in [5.74, 6) is 0.929. The second kappa shape index (κ2) is 4.80. The molecule has 0 saturated heterocycles. The van der Waals surface area contributed by atoms with E-state index in [1.807, 2.05) is 13.1 Å². The van der Waals surface area contributed by atoms with Crippen LogP contribution in [0.25, 0.3) is 0 Å². The van der Waals surface area contributed by atoms with Crippen LogP contribution in [0.15, 0.2) is 12.1 Å². The lowest BCUT2D eigenvalue weighted by Gasteiger charge is -2.17. The van der Waals surface area contributed by atoms with E-state index in [1.165, 1.54) is 16.7 Å². The highest BCUT2D eigenvalue weighted by Crippen LogP contribution is 2.32. The van der Waals surface area contributed by atoms with E-state index in [9.17, 15) is 0 Å². The Balaban J connectivity index is 3.24. The van der Waals surface area contributed by atoms with E-state index in [1.54, 1.807) is 7.11 Å². The fraction of sp³-hybridized carbons (Fsp3) is 0.455. The molecule has 0 heterocycles. The standard InChI is InChI=1S/C11H16BrNO/c1-7-5-8(2)10(11(12)13-3)9(6-7)14-4/h5-6,11,13H,1-4H3. The van der Waals surface area contributed by atoms with Crippen LogP contribution in [0.3, 0.4) is 0 Å². The number of halogens is 1. The van der Waals surface area contributed by atoms with Crippen molar-refractivity contribution in [3.05, 3.63) is 28.8 Å². The summed E-state index contributed by atoms with van der Waals surface area (Å²) in [6.07, 6.45) is 0. The SMILES string of the molecule is CNC(Br)c1c(C)cc(C)cc1OC. The van der Waals surface area contributed by atoms with Crippen LogP contribution in [0.4, 0.5) is 0 Å². The monoisotopic (exact) mass is 257 g/mol. The molecule has 0 bridgehead atoms. The Labute approximate surface area is 93.8 Å². The summed E-state index contributed by atoms with van der Waals surface area (Å²) < 4.78 is 5.36. The maximum atomic E-state index is 5.36. The van der Waals surface area contributed by atoms with Crippen molar-refractivity contribution in [3.63, 3.8) is 0 Å². The lowest BCUT2D eigenvalue weighted by Crippen LogP contribution is -2.12. The molecule has 0 aromatic heterocycles. The molecule has 78 valence electrons. The van der Waals surface area contributed by atoms with Crippen molar-refractivity contribution < 1.29 is 4.74 Å². The summed E-state index contributed by atoms with van der Waals surface area (Å²) in [6.45, 7) is 4.17. The molecule has 3 heteroatoms. The van der Waals surface area contributed by atoms with Crippen LogP contribution in [0, 0.1) is 13.8 Å². The van der Waals surface area contributed by atoms with Crippen molar-refractivity contribution >= 4 is 15.9 Å². The van der Waals surface area contributed by atoms with E-state index in [2.05, 4.69) is 41.2 Å². The van der Waals surface area contributed by atoms with E-state index in [4.69, 9.17) is 4.74 Å². The number of ether oxygens (including phenoxy) is 1. The minimum absolute atomic E-state index is 0.137. The predicted molar refractivity (Wildman–Crippen MR) is 63.2 cm³/mol. The van der Waals surface area contributed by atoms with Crippen molar-refractivity contribution in [2.75, 3.05) is 14.2 Å². The zero-order chi connectivity index (χ0) is 10.7. The lowest BCUT2D eigenvalue weighted by atomic mass is 10.0. The van der Waals surface area contributed by atoms with E-state index in [-0.39, 0.29) is 4.95 Å². The largest absolute Gasteiger partial charge is 0.496 e. The van der Waals surface area contributed by atoms with Crippen LogP contribution in [0.5, 0.6) is 5.75 Å². The average Bonchev–Trinajstić information content (AvgIpc) is 2.15. The Morgan fingerprint density at radius 2 is 2.00 bits per heavy atom. The highest BCUT2D eigenvalue weighted by Gasteiger charge is 2.14. The second-order valence-corrected chi connectivity index (χ2v) is 4.26. The molecule has 0 aliphatic heterocycles. The Kier molecular flexibility index (Phi) is 3.96. The highest BCUT2D eigenvalue weighted by molar-refractivity contribution is 9.09. The van der Waals surface area contributed by atoms with Gasteiger partial charge in [-0.25, -0.2) is 0 Å². The van der Waals surface area contributed by atoms with Gasteiger partial charge in [0.1, 0.15) is 5.75 Å². The molecule has 14 heavy (non-hydrogen) atoms. The number of hydrogen-bond acceptors (Lipinski definition) is 2. The molecule has 0 aliphatic carbocycles. The highest BCUT2D eigenvalue weighted by atomic mass is 79.9. The fourth-order valence-electron chi connectivity index (χ4n) is 1.58. The van der Waals surface area contributed by atoms with Gasteiger partial charge in [-0.05, 0) is 38.1 Å². The summed E-state index contributed by atoms with van der Waals surface area (Å²) in [6, 6.07) is 4.21. The molecule has 0 aliphatic rings. The first-order valence-corrected chi connectivity index (χ1v) is 5.48. The molecular formula is C11H16BrNO. The number of aryl methyl sites for hydroxylation is 2. The Morgan fingerprint density at radius 3 is 2.50 bits per heavy atom. The molecule has 1 aromatic carbocycles. The van der Waals surface area contributed by atoms with Gasteiger partial charge in [-0.1, -0.05) is 22.0 Å². The molecular weight excluding hydrogens is 242 g/mol. The zero-order valence-corrected chi connectivity index (χ0v) is 10.6. The fourth-order valence-corrected chi connectivity index (χ4v) is 2.16. The first-order chi connectivity index (χ1) is 6.60. The van der Waals surface area contributed by atoms with Crippen LogP contribution >= 0.6 is 15.9 Å².